The van der Waals surface area contributed by atoms with E-state index in [1.165, 1.54) is 18.1 Å². The molecule has 0 fully saturated rings. The average molecular weight is 303 g/mol. The fourth-order valence-electron chi connectivity index (χ4n) is 1.78. The maximum Gasteiger partial charge on any atom is 0.412 e. The first-order chi connectivity index (χ1) is 10.5. The smallest absolute Gasteiger partial charge is 0.412 e. The van der Waals surface area contributed by atoms with E-state index in [9.17, 15) is 9.59 Å². The van der Waals surface area contributed by atoms with Crippen LogP contribution >= 0.6 is 0 Å². The van der Waals surface area contributed by atoms with Crippen LogP contribution in [0.4, 0.5) is 16.3 Å². The zero-order valence-electron chi connectivity index (χ0n) is 12.6. The Labute approximate surface area is 127 Å². The van der Waals surface area contributed by atoms with Crippen molar-refractivity contribution in [2.75, 3.05) is 17.7 Å². The van der Waals surface area contributed by atoms with Gasteiger partial charge in [0.25, 0.3) is 0 Å². The third kappa shape index (κ3) is 4.05. The van der Waals surface area contributed by atoms with Gasteiger partial charge < -0.3 is 10.1 Å². The molecule has 1 aromatic carbocycles. The predicted octanol–water partition coefficient (Wildman–Crippen LogP) is 1.71. The fraction of sp³-hybridized carbons (Fsp3) is 0.286. The first kappa shape index (κ1) is 15.5. The standard InChI is InChI=1S/C14H17N5O3/c1-9-4-5-10(2)11(6-9)16-13(20)8-19-15-7-12(18-19)17-14(21)22-3/h4-7H,8H2,1-3H3,(H,16,20)(H,17,18,21). The maximum atomic E-state index is 12.0. The summed E-state index contributed by atoms with van der Waals surface area (Å²) in [6, 6.07) is 5.81. The van der Waals surface area contributed by atoms with E-state index in [4.69, 9.17) is 0 Å². The van der Waals surface area contributed by atoms with Crippen LogP contribution in [-0.2, 0) is 16.1 Å². The van der Waals surface area contributed by atoms with Crippen molar-refractivity contribution >= 4 is 23.5 Å². The van der Waals surface area contributed by atoms with Crippen LogP contribution in [0.15, 0.2) is 24.4 Å². The predicted molar refractivity (Wildman–Crippen MR) is 80.6 cm³/mol. The van der Waals surface area contributed by atoms with Gasteiger partial charge in [-0.25, -0.2) is 4.79 Å². The van der Waals surface area contributed by atoms with E-state index in [0.717, 1.165) is 16.8 Å². The van der Waals surface area contributed by atoms with Crippen LogP contribution < -0.4 is 10.6 Å². The Kier molecular flexibility index (Phi) is 4.72. The molecule has 0 unspecified atom stereocenters. The van der Waals surface area contributed by atoms with Gasteiger partial charge in [0.15, 0.2) is 5.82 Å². The molecule has 8 nitrogen and oxygen atoms in total. The van der Waals surface area contributed by atoms with Gasteiger partial charge in [0.05, 0.1) is 13.3 Å². The van der Waals surface area contributed by atoms with Gasteiger partial charge in [-0.05, 0) is 31.0 Å². The highest BCUT2D eigenvalue weighted by atomic mass is 16.5. The summed E-state index contributed by atoms with van der Waals surface area (Å²) in [6.07, 6.45) is 0.689. The summed E-state index contributed by atoms with van der Waals surface area (Å²) in [5.74, 6) is -0.0414. The van der Waals surface area contributed by atoms with Gasteiger partial charge in [0.2, 0.25) is 5.91 Å². The first-order valence-electron chi connectivity index (χ1n) is 6.60. The van der Waals surface area contributed by atoms with Crippen molar-refractivity contribution in [1.29, 1.82) is 0 Å². The molecule has 2 aromatic rings. The van der Waals surface area contributed by atoms with Crippen LogP contribution in [0.3, 0.4) is 0 Å². The number of aromatic nitrogens is 3. The lowest BCUT2D eigenvalue weighted by Crippen LogP contribution is -2.21. The molecule has 0 spiro atoms. The second-order valence-electron chi connectivity index (χ2n) is 4.74. The SMILES string of the molecule is COC(=O)Nc1cnn(CC(=O)Nc2cc(C)ccc2C)n1. The number of rotatable bonds is 4. The molecule has 22 heavy (non-hydrogen) atoms. The second kappa shape index (κ2) is 6.70. The lowest BCUT2D eigenvalue weighted by Gasteiger charge is -2.08. The molecule has 0 aliphatic rings. The van der Waals surface area contributed by atoms with Crippen LogP contribution in [-0.4, -0.2) is 34.1 Å². The van der Waals surface area contributed by atoms with Crippen LogP contribution in [0.5, 0.6) is 0 Å². The first-order valence-corrected chi connectivity index (χ1v) is 6.60. The molecule has 0 atom stereocenters. The Morgan fingerprint density at radius 3 is 2.77 bits per heavy atom. The van der Waals surface area contributed by atoms with Gasteiger partial charge in [0, 0.05) is 5.69 Å². The molecule has 0 saturated heterocycles. The Bertz CT molecular complexity index is 696. The van der Waals surface area contributed by atoms with Crippen molar-refractivity contribution in [3.05, 3.63) is 35.5 Å². The van der Waals surface area contributed by atoms with E-state index in [1.807, 2.05) is 32.0 Å². The molecule has 0 aliphatic carbocycles. The molecule has 2 amide bonds. The Hall–Kier alpha value is -2.90. The van der Waals surface area contributed by atoms with Crippen LogP contribution in [0, 0.1) is 13.8 Å². The minimum absolute atomic E-state index is 0.0593. The number of carbonyl (C=O) groups is 2. The summed E-state index contributed by atoms with van der Waals surface area (Å²) < 4.78 is 4.44. The number of nitrogens with one attached hydrogen (secondary N) is 2. The summed E-state index contributed by atoms with van der Waals surface area (Å²) >= 11 is 0. The highest BCUT2D eigenvalue weighted by Gasteiger charge is 2.10. The lowest BCUT2D eigenvalue weighted by molar-refractivity contribution is -0.117. The van der Waals surface area contributed by atoms with Crippen molar-refractivity contribution in [3.8, 4) is 0 Å². The van der Waals surface area contributed by atoms with Gasteiger partial charge in [-0.1, -0.05) is 12.1 Å². The molecule has 2 N–H and O–H groups in total. The number of nitrogens with zero attached hydrogens (tertiary/aromatic N) is 3. The summed E-state index contributed by atoms with van der Waals surface area (Å²) in [5, 5.41) is 13.0. The topological polar surface area (TPSA) is 98.1 Å². The number of ether oxygens (including phenoxy) is 1. The third-order valence-corrected chi connectivity index (χ3v) is 2.90. The highest BCUT2D eigenvalue weighted by Crippen LogP contribution is 2.16. The minimum Gasteiger partial charge on any atom is -0.453 e. The zero-order chi connectivity index (χ0) is 16.1. The van der Waals surface area contributed by atoms with Crippen molar-refractivity contribution in [2.24, 2.45) is 0 Å². The van der Waals surface area contributed by atoms with Crippen molar-refractivity contribution in [2.45, 2.75) is 20.4 Å². The molecule has 2 rings (SSSR count). The van der Waals surface area contributed by atoms with Crippen molar-refractivity contribution in [3.63, 3.8) is 0 Å². The van der Waals surface area contributed by atoms with Crippen LogP contribution in [0.2, 0.25) is 0 Å². The number of amides is 2. The van der Waals surface area contributed by atoms with Crippen molar-refractivity contribution in [1.82, 2.24) is 15.0 Å². The van der Waals surface area contributed by atoms with Gasteiger partial charge in [-0.15, -0.1) is 5.10 Å². The molecule has 1 heterocycles. The number of hydrogen-bond acceptors (Lipinski definition) is 5. The third-order valence-electron chi connectivity index (χ3n) is 2.90. The highest BCUT2D eigenvalue weighted by molar-refractivity contribution is 5.91. The van der Waals surface area contributed by atoms with Gasteiger partial charge in [-0.3, -0.25) is 10.1 Å². The van der Waals surface area contributed by atoms with E-state index in [0.29, 0.717) is 0 Å². The van der Waals surface area contributed by atoms with Crippen molar-refractivity contribution < 1.29 is 14.3 Å². The van der Waals surface area contributed by atoms with E-state index in [-0.39, 0.29) is 18.3 Å². The molecule has 116 valence electrons. The average Bonchev–Trinajstić information content (AvgIpc) is 2.89. The Balaban J connectivity index is 1.97. The summed E-state index contributed by atoms with van der Waals surface area (Å²) in [6.45, 7) is 3.81. The molecule has 0 radical (unpaired) electrons. The summed E-state index contributed by atoms with van der Waals surface area (Å²) in [7, 11) is 1.25. The normalized spacial score (nSPS) is 10.1. The zero-order valence-corrected chi connectivity index (χ0v) is 12.6. The van der Waals surface area contributed by atoms with Gasteiger partial charge in [0.1, 0.15) is 6.54 Å². The van der Waals surface area contributed by atoms with E-state index < -0.39 is 6.09 Å². The van der Waals surface area contributed by atoms with E-state index in [1.54, 1.807) is 0 Å². The molecule has 0 saturated carbocycles. The Morgan fingerprint density at radius 2 is 2.05 bits per heavy atom. The molecular formula is C14H17N5O3. The fourth-order valence-corrected chi connectivity index (χ4v) is 1.78. The molecule has 0 bridgehead atoms. The number of benzene rings is 1. The molecule has 0 aliphatic heterocycles. The van der Waals surface area contributed by atoms with Gasteiger partial charge >= 0.3 is 6.09 Å². The minimum atomic E-state index is -0.646. The monoisotopic (exact) mass is 303 g/mol. The number of hydrogen-bond donors (Lipinski definition) is 2. The van der Waals surface area contributed by atoms with Gasteiger partial charge in [-0.2, -0.15) is 9.90 Å². The Morgan fingerprint density at radius 1 is 1.27 bits per heavy atom. The van der Waals surface area contributed by atoms with E-state index >= 15 is 0 Å². The summed E-state index contributed by atoms with van der Waals surface area (Å²) in [4.78, 5) is 24.2. The molecular weight excluding hydrogens is 286 g/mol. The number of methoxy groups -OCH3 is 1. The molecule has 8 heteroatoms. The van der Waals surface area contributed by atoms with Crippen LogP contribution in [0.1, 0.15) is 11.1 Å². The largest absolute Gasteiger partial charge is 0.453 e. The lowest BCUT2D eigenvalue weighted by atomic mass is 10.1. The quantitative estimate of drug-likeness (QED) is 0.896. The van der Waals surface area contributed by atoms with Crippen LogP contribution in [0.25, 0.3) is 0 Å². The second-order valence-corrected chi connectivity index (χ2v) is 4.74. The summed E-state index contributed by atoms with van der Waals surface area (Å²) in [5.41, 5.74) is 2.79. The number of carbonyl (C=O) groups excluding carboxylic acids is 2. The number of aryl methyl sites for hydroxylation is 2. The molecule has 1 aromatic heterocycles. The number of anilines is 2. The van der Waals surface area contributed by atoms with E-state index in [2.05, 4.69) is 25.6 Å². The maximum absolute atomic E-state index is 12.0.